The van der Waals surface area contributed by atoms with Crippen molar-refractivity contribution >= 4 is 17.4 Å². The van der Waals surface area contributed by atoms with Gasteiger partial charge in [-0.25, -0.2) is 4.98 Å². The molecule has 1 fully saturated rings. The summed E-state index contributed by atoms with van der Waals surface area (Å²) < 4.78 is 7.24. The molecule has 0 radical (unpaired) electrons. The third kappa shape index (κ3) is 4.01. The first kappa shape index (κ1) is 18.1. The summed E-state index contributed by atoms with van der Waals surface area (Å²) in [6.07, 6.45) is 7.52. The molecule has 0 atom stereocenters. The van der Waals surface area contributed by atoms with Gasteiger partial charge in [-0.1, -0.05) is 6.07 Å². The smallest absolute Gasteiger partial charge is 0.227 e. The van der Waals surface area contributed by atoms with Gasteiger partial charge in [0, 0.05) is 43.2 Å². The monoisotopic (exact) mass is 376 g/mol. The van der Waals surface area contributed by atoms with E-state index in [1.165, 1.54) is 0 Å². The van der Waals surface area contributed by atoms with Gasteiger partial charge in [0.05, 0.1) is 19.0 Å². The summed E-state index contributed by atoms with van der Waals surface area (Å²) in [5, 5.41) is 3.01. The van der Waals surface area contributed by atoms with Gasteiger partial charge in [0.1, 0.15) is 11.6 Å². The molecule has 4 rings (SSSR count). The highest BCUT2D eigenvalue weighted by atomic mass is 16.5. The molecule has 1 N–H and O–H groups in total. The van der Waals surface area contributed by atoms with Crippen molar-refractivity contribution < 1.29 is 9.53 Å². The number of ether oxygens (including phenoxy) is 1. The molecule has 3 aromatic rings. The minimum Gasteiger partial charge on any atom is -0.497 e. The Morgan fingerprint density at radius 3 is 2.57 bits per heavy atom. The third-order valence-electron chi connectivity index (χ3n) is 5.16. The first-order valence-corrected chi connectivity index (χ1v) is 9.52. The summed E-state index contributed by atoms with van der Waals surface area (Å²) in [5.41, 5.74) is 1.82. The molecule has 3 heterocycles. The van der Waals surface area contributed by atoms with Gasteiger partial charge in [0.25, 0.3) is 0 Å². The van der Waals surface area contributed by atoms with E-state index < -0.39 is 0 Å². The van der Waals surface area contributed by atoms with E-state index in [0.717, 1.165) is 48.9 Å². The summed E-state index contributed by atoms with van der Waals surface area (Å²) >= 11 is 0. The largest absolute Gasteiger partial charge is 0.497 e. The Morgan fingerprint density at radius 2 is 1.89 bits per heavy atom. The number of nitrogens with one attached hydrogen (secondary N) is 1. The lowest BCUT2D eigenvalue weighted by atomic mass is 9.95. The molecule has 28 heavy (non-hydrogen) atoms. The van der Waals surface area contributed by atoms with E-state index in [9.17, 15) is 4.79 Å². The minimum absolute atomic E-state index is 0.0154. The molecule has 1 amide bonds. The van der Waals surface area contributed by atoms with Gasteiger partial charge in [-0.15, -0.1) is 0 Å². The maximum Gasteiger partial charge on any atom is 0.227 e. The summed E-state index contributed by atoms with van der Waals surface area (Å²) in [4.78, 5) is 19.4. The van der Waals surface area contributed by atoms with Crippen molar-refractivity contribution in [2.75, 3.05) is 30.4 Å². The molecule has 6 heteroatoms. The molecule has 0 aliphatic carbocycles. The topological polar surface area (TPSA) is 59.4 Å². The number of pyridine rings is 1. The fourth-order valence-corrected chi connectivity index (χ4v) is 3.54. The molecule has 6 nitrogen and oxygen atoms in total. The zero-order valence-electron chi connectivity index (χ0n) is 15.9. The first-order valence-electron chi connectivity index (χ1n) is 9.52. The van der Waals surface area contributed by atoms with Crippen LogP contribution in [0.4, 0.5) is 11.5 Å². The Kier molecular flexibility index (Phi) is 5.28. The maximum atomic E-state index is 12.6. The maximum absolute atomic E-state index is 12.6. The van der Waals surface area contributed by atoms with Crippen molar-refractivity contribution in [1.82, 2.24) is 9.55 Å². The highest BCUT2D eigenvalue weighted by molar-refractivity contribution is 5.92. The molecule has 144 valence electrons. The number of hydrogen-bond acceptors (Lipinski definition) is 4. The van der Waals surface area contributed by atoms with E-state index in [1.54, 1.807) is 7.11 Å². The molecule has 2 aromatic heterocycles. The van der Waals surface area contributed by atoms with Crippen LogP contribution in [0.2, 0.25) is 0 Å². The average Bonchev–Trinajstić information content (AvgIpc) is 3.29. The Hall–Kier alpha value is -3.28. The lowest BCUT2D eigenvalue weighted by Crippen LogP contribution is -2.38. The molecular weight excluding hydrogens is 352 g/mol. The number of benzene rings is 1. The minimum atomic E-state index is 0.0154. The van der Waals surface area contributed by atoms with Crippen molar-refractivity contribution in [2.24, 2.45) is 5.92 Å². The predicted molar refractivity (Wildman–Crippen MR) is 110 cm³/mol. The van der Waals surface area contributed by atoms with Gasteiger partial charge in [0.2, 0.25) is 5.91 Å². The van der Waals surface area contributed by atoms with Crippen LogP contribution in [0.3, 0.4) is 0 Å². The number of rotatable bonds is 5. The zero-order valence-corrected chi connectivity index (χ0v) is 15.9. The van der Waals surface area contributed by atoms with E-state index in [-0.39, 0.29) is 11.8 Å². The van der Waals surface area contributed by atoms with Crippen molar-refractivity contribution in [3.63, 3.8) is 0 Å². The third-order valence-corrected chi connectivity index (χ3v) is 5.16. The standard InChI is InChI=1S/C22H24N4O2/c1-28-20-6-4-5-18(15-20)24-22(27)17-9-13-26(14-10-17)21-8-7-19(16-23-21)25-11-2-3-12-25/h2-8,11-12,15-17H,9-10,13-14H2,1H3,(H,24,27). The molecule has 0 unspecified atom stereocenters. The number of carbonyl (C=O) groups excluding carboxylic acids is 1. The quantitative estimate of drug-likeness (QED) is 0.737. The van der Waals surface area contributed by atoms with Crippen LogP contribution in [0.15, 0.2) is 67.1 Å². The number of hydrogen-bond donors (Lipinski definition) is 1. The number of piperidine rings is 1. The van der Waals surface area contributed by atoms with Crippen LogP contribution in [0, 0.1) is 5.92 Å². The van der Waals surface area contributed by atoms with Crippen molar-refractivity contribution in [3.8, 4) is 11.4 Å². The lowest BCUT2D eigenvalue weighted by Gasteiger charge is -2.32. The summed E-state index contributed by atoms with van der Waals surface area (Å²) in [7, 11) is 1.62. The fraction of sp³-hybridized carbons (Fsp3) is 0.273. The summed E-state index contributed by atoms with van der Waals surface area (Å²) in [6.45, 7) is 1.65. The number of aromatic nitrogens is 2. The van der Waals surface area contributed by atoms with Crippen molar-refractivity contribution in [3.05, 3.63) is 67.1 Å². The highest BCUT2D eigenvalue weighted by Crippen LogP contribution is 2.24. The number of nitrogens with zero attached hydrogens (tertiary/aromatic N) is 3. The van der Waals surface area contributed by atoms with E-state index in [1.807, 2.05) is 65.6 Å². The molecule has 1 aliphatic heterocycles. The Morgan fingerprint density at radius 1 is 1.11 bits per heavy atom. The van der Waals surface area contributed by atoms with Gasteiger partial charge in [-0.3, -0.25) is 4.79 Å². The molecular formula is C22H24N4O2. The SMILES string of the molecule is COc1cccc(NC(=O)C2CCN(c3ccc(-n4cccc4)cn3)CC2)c1. The van der Waals surface area contributed by atoms with Crippen molar-refractivity contribution in [2.45, 2.75) is 12.8 Å². The number of carbonyl (C=O) groups is 1. The summed E-state index contributed by atoms with van der Waals surface area (Å²) in [6, 6.07) is 15.6. The van der Waals surface area contributed by atoms with Gasteiger partial charge >= 0.3 is 0 Å². The van der Waals surface area contributed by atoms with Crippen LogP contribution in [0.25, 0.3) is 5.69 Å². The molecule has 0 saturated carbocycles. The molecule has 1 saturated heterocycles. The molecule has 1 aromatic carbocycles. The molecule has 0 bridgehead atoms. The number of anilines is 2. The normalized spacial score (nSPS) is 14.7. The lowest BCUT2D eigenvalue weighted by molar-refractivity contribution is -0.120. The van der Waals surface area contributed by atoms with Gasteiger partial charge in [-0.05, 0) is 49.2 Å². The first-order chi connectivity index (χ1) is 13.7. The average molecular weight is 376 g/mol. The van der Waals surface area contributed by atoms with Crippen LogP contribution in [0.1, 0.15) is 12.8 Å². The zero-order chi connectivity index (χ0) is 19.3. The Bertz CT molecular complexity index is 914. The molecule has 1 aliphatic rings. The van der Waals surface area contributed by atoms with Gasteiger partial charge in [0.15, 0.2) is 0 Å². The van der Waals surface area contributed by atoms with Crippen LogP contribution in [-0.2, 0) is 4.79 Å². The van der Waals surface area contributed by atoms with Gasteiger partial charge in [-0.2, -0.15) is 0 Å². The van der Waals surface area contributed by atoms with E-state index in [4.69, 9.17) is 4.74 Å². The van der Waals surface area contributed by atoms with E-state index in [2.05, 4.69) is 21.3 Å². The van der Waals surface area contributed by atoms with Crippen LogP contribution in [-0.4, -0.2) is 35.7 Å². The fourth-order valence-electron chi connectivity index (χ4n) is 3.54. The second-order valence-corrected chi connectivity index (χ2v) is 6.95. The molecule has 0 spiro atoms. The van der Waals surface area contributed by atoms with Crippen LogP contribution >= 0.6 is 0 Å². The van der Waals surface area contributed by atoms with E-state index >= 15 is 0 Å². The number of methoxy groups -OCH3 is 1. The van der Waals surface area contributed by atoms with E-state index in [0.29, 0.717) is 0 Å². The Labute approximate surface area is 164 Å². The Balaban J connectivity index is 1.33. The second kappa shape index (κ2) is 8.17. The van der Waals surface area contributed by atoms with Crippen LogP contribution < -0.4 is 15.0 Å². The van der Waals surface area contributed by atoms with Crippen molar-refractivity contribution in [1.29, 1.82) is 0 Å². The van der Waals surface area contributed by atoms with Gasteiger partial charge < -0.3 is 19.5 Å². The van der Waals surface area contributed by atoms with Crippen LogP contribution in [0.5, 0.6) is 5.75 Å². The number of amides is 1. The highest BCUT2D eigenvalue weighted by Gasteiger charge is 2.25. The predicted octanol–water partition coefficient (Wildman–Crippen LogP) is 3.74. The summed E-state index contributed by atoms with van der Waals surface area (Å²) in [5.74, 6) is 1.79. The second-order valence-electron chi connectivity index (χ2n) is 6.95.